The highest BCUT2D eigenvalue weighted by Gasteiger charge is 2.31. The van der Waals surface area contributed by atoms with Crippen LogP contribution in [0.3, 0.4) is 0 Å². The smallest absolute Gasteiger partial charge is 0.416 e. The molecule has 2 N–H and O–H groups in total. The molecular weight excluding hydrogens is 381 g/mol. The molecule has 3 aromatic rings. The van der Waals surface area contributed by atoms with Crippen LogP contribution in [0.2, 0.25) is 0 Å². The van der Waals surface area contributed by atoms with E-state index in [0.717, 1.165) is 18.2 Å². The molecule has 0 aliphatic heterocycles. The van der Waals surface area contributed by atoms with E-state index in [4.69, 9.17) is 9.84 Å². The summed E-state index contributed by atoms with van der Waals surface area (Å²) in [5.41, 5.74) is -1.26. The molecule has 3 rings (SSSR count). The van der Waals surface area contributed by atoms with Gasteiger partial charge < -0.3 is 14.9 Å². The van der Waals surface area contributed by atoms with Gasteiger partial charge in [0.1, 0.15) is 5.75 Å². The molecule has 1 heterocycles. The van der Waals surface area contributed by atoms with Gasteiger partial charge in [0.05, 0.1) is 23.0 Å². The van der Waals surface area contributed by atoms with Gasteiger partial charge in [-0.3, -0.25) is 4.79 Å². The van der Waals surface area contributed by atoms with E-state index in [1.807, 2.05) is 0 Å². The number of aromatic carboxylic acids is 1. The molecule has 0 radical (unpaired) electrons. The van der Waals surface area contributed by atoms with Crippen molar-refractivity contribution < 1.29 is 37.7 Å². The van der Waals surface area contributed by atoms with Gasteiger partial charge in [-0.25, -0.2) is 14.8 Å². The molecule has 0 spiro atoms. The van der Waals surface area contributed by atoms with Crippen LogP contribution in [-0.2, 0) is 17.4 Å². The Balaban J connectivity index is 2.01. The highest BCUT2D eigenvalue weighted by molar-refractivity contribution is 5.91. The highest BCUT2D eigenvalue weighted by atomic mass is 19.4. The van der Waals surface area contributed by atoms with Crippen molar-refractivity contribution in [2.24, 2.45) is 0 Å². The molecule has 0 amide bonds. The van der Waals surface area contributed by atoms with Crippen LogP contribution in [0, 0.1) is 0 Å². The fourth-order valence-corrected chi connectivity index (χ4v) is 2.39. The molecule has 144 valence electrons. The van der Waals surface area contributed by atoms with Crippen molar-refractivity contribution in [3.8, 4) is 11.6 Å². The number of hydrogen-bond donors (Lipinski definition) is 2. The van der Waals surface area contributed by atoms with Gasteiger partial charge in [-0.1, -0.05) is 12.1 Å². The van der Waals surface area contributed by atoms with Gasteiger partial charge in [-0.2, -0.15) is 13.2 Å². The van der Waals surface area contributed by atoms with E-state index >= 15 is 0 Å². The quantitative estimate of drug-likeness (QED) is 0.680. The number of halogens is 3. The molecule has 0 atom stereocenters. The molecule has 0 saturated carbocycles. The first-order valence-corrected chi connectivity index (χ1v) is 7.74. The van der Waals surface area contributed by atoms with Gasteiger partial charge in [0.15, 0.2) is 0 Å². The van der Waals surface area contributed by atoms with Crippen molar-refractivity contribution in [1.82, 2.24) is 9.97 Å². The Morgan fingerprint density at radius 2 is 1.64 bits per heavy atom. The minimum absolute atomic E-state index is 0.0328. The Labute approximate surface area is 155 Å². The normalized spacial score (nSPS) is 11.4. The third kappa shape index (κ3) is 4.17. The fourth-order valence-electron chi connectivity index (χ4n) is 2.39. The number of carboxylic acid groups (broad SMARTS) is 2. The SMILES string of the molecule is O=C(O)Cc1ccc(Oc2nc3cc(C(F)(F)F)ccc3nc2C(=O)O)cc1. The number of ether oxygens (including phenoxy) is 1. The van der Waals surface area contributed by atoms with Gasteiger partial charge in [0.25, 0.3) is 5.88 Å². The fraction of sp³-hybridized carbons (Fsp3) is 0.111. The second kappa shape index (κ2) is 7.14. The van der Waals surface area contributed by atoms with Crippen molar-refractivity contribution in [3.63, 3.8) is 0 Å². The summed E-state index contributed by atoms with van der Waals surface area (Å²) < 4.78 is 44.0. The molecule has 0 bridgehead atoms. The minimum atomic E-state index is -4.59. The summed E-state index contributed by atoms with van der Waals surface area (Å²) in [5, 5.41) is 18.1. The van der Waals surface area contributed by atoms with Crippen LogP contribution < -0.4 is 4.74 Å². The molecule has 2 aromatic carbocycles. The number of alkyl halides is 3. The lowest BCUT2D eigenvalue weighted by atomic mass is 10.1. The van der Waals surface area contributed by atoms with Crippen LogP contribution in [0.1, 0.15) is 21.6 Å². The Kier molecular flexibility index (Phi) is 4.87. The van der Waals surface area contributed by atoms with E-state index in [0.29, 0.717) is 5.56 Å². The lowest BCUT2D eigenvalue weighted by molar-refractivity contribution is -0.138. The van der Waals surface area contributed by atoms with Crippen molar-refractivity contribution in [3.05, 3.63) is 59.3 Å². The Morgan fingerprint density at radius 3 is 2.21 bits per heavy atom. The largest absolute Gasteiger partial charge is 0.481 e. The third-order valence-corrected chi connectivity index (χ3v) is 3.66. The molecule has 0 saturated heterocycles. The summed E-state index contributed by atoms with van der Waals surface area (Å²) in [6, 6.07) is 8.26. The van der Waals surface area contributed by atoms with Crippen LogP contribution in [0.15, 0.2) is 42.5 Å². The van der Waals surface area contributed by atoms with Gasteiger partial charge in [-0.15, -0.1) is 0 Å². The zero-order chi connectivity index (χ0) is 20.5. The number of carboxylic acids is 2. The first-order valence-electron chi connectivity index (χ1n) is 7.74. The van der Waals surface area contributed by atoms with E-state index < -0.39 is 35.3 Å². The highest BCUT2D eigenvalue weighted by Crippen LogP contribution is 2.32. The molecule has 7 nitrogen and oxygen atoms in total. The summed E-state index contributed by atoms with van der Waals surface area (Å²) in [7, 11) is 0. The summed E-state index contributed by atoms with van der Waals surface area (Å²) in [4.78, 5) is 29.8. The van der Waals surface area contributed by atoms with Gasteiger partial charge >= 0.3 is 18.1 Å². The van der Waals surface area contributed by atoms with Gasteiger partial charge in [0.2, 0.25) is 5.69 Å². The van der Waals surface area contributed by atoms with E-state index in [1.165, 1.54) is 24.3 Å². The molecular formula is C18H11F3N2O5. The van der Waals surface area contributed by atoms with E-state index in [2.05, 4.69) is 9.97 Å². The number of aromatic nitrogens is 2. The van der Waals surface area contributed by atoms with Crippen LogP contribution >= 0.6 is 0 Å². The number of rotatable bonds is 5. The molecule has 0 unspecified atom stereocenters. The monoisotopic (exact) mass is 392 g/mol. The first-order chi connectivity index (χ1) is 13.1. The Bertz CT molecular complexity index is 1070. The topological polar surface area (TPSA) is 110 Å². The maximum Gasteiger partial charge on any atom is 0.416 e. The van der Waals surface area contributed by atoms with Crippen LogP contribution in [0.5, 0.6) is 11.6 Å². The number of nitrogens with zero attached hydrogens (tertiary/aromatic N) is 2. The number of aliphatic carboxylic acids is 1. The van der Waals surface area contributed by atoms with Crippen LogP contribution in [0.25, 0.3) is 11.0 Å². The molecule has 28 heavy (non-hydrogen) atoms. The molecule has 0 aliphatic carbocycles. The summed E-state index contributed by atoms with van der Waals surface area (Å²) in [6.45, 7) is 0. The first kappa shape index (κ1) is 19.1. The van der Waals surface area contributed by atoms with Crippen molar-refractivity contribution in [2.45, 2.75) is 12.6 Å². The third-order valence-electron chi connectivity index (χ3n) is 3.66. The summed E-state index contributed by atoms with van der Waals surface area (Å²) >= 11 is 0. The molecule has 0 fully saturated rings. The predicted octanol–water partition coefficient (Wildman–Crippen LogP) is 3.77. The Hall–Kier alpha value is -3.69. The minimum Gasteiger partial charge on any atom is -0.481 e. The average Bonchev–Trinajstić information content (AvgIpc) is 2.61. The zero-order valence-corrected chi connectivity index (χ0v) is 13.9. The molecule has 1 aromatic heterocycles. The summed E-state index contributed by atoms with van der Waals surface area (Å²) in [6.07, 6.45) is -4.81. The number of carbonyl (C=O) groups is 2. The van der Waals surface area contributed by atoms with Crippen molar-refractivity contribution in [2.75, 3.05) is 0 Å². The van der Waals surface area contributed by atoms with Crippen LogP contribution in [-0.4, -0.2) is 32.1 Å². The van der Waals surface area contributed by atoms with Crippen molar-refractivity contribution in [1.29, 1.82) is 0 Å². The van der Waals surface area contributed by atoms with E-state index in [1.54, 1.807) is 0 Å². The standard InChI is InChI=1S/C18H11F3N2O5/c19-18(20,21)10-3-6-12-13(8-10)23-16(15(22-12)17(26)27)28-11-4-1-9(2-5-11)7-14(24)25/h1-6,8H,7H2,(H,24,25)(H,26,27). The number of hydrogen-bond acceptors (Lipinski definition) is 5. The van der Waals surface area contributed by atoms with E-state index in [9.17, 15) is 27.9 Å². The maximum atomic E-state index is 12.9. The lowest BCUT2D eigenvalue weighted by Gasteiger charge is -2.11. The lowest BCUT2D eigenvalue weighted by Crippen LogP contribution is -2.08. The van der Waals surface area contributed by atoms with E-state index in [-0.39, 0.29) is 23.2 Å². The molecule has 0 aliphatic rings. The van der Waals surface area contributed by atoms with Gasteiger partial charge in [0, 0.05) is 0 Å². The predicted molar refractivity (Wildman–Crippen MR) is 89.4 cm³/mol. The summed E-state index contributed by atoms with van der Waals surface area (Å²) in [5.74, 6) is -2.85. The van der Waals surface area contributed by atoms with Gasteiger partial charge in [-0.05, 0) is 35.9 Å². The van der Waals surface area contributed by atoms with Crippen LogP contribution in [0.4, 0.5) is 13.2 Å². The number of fused-ring (bicyclic) bond motifs is 1. The number of benzene rings is 2. The second-order valence-electron chi connectivity index (χ2n) is 5.70. The second-order valence-corrected chi connectivity index (χ2v) is 5.70. The average molecular weight is 392 g/mol. The Morgan fingerprint density at radius 1 is 0.964 bits per heavy atom. The zero-order valence-electron chi connectivity index (χ0n) is 13.9. The molecule has 10 heteroatoms. The maximum absolute atomic E-state index is 12.9. The van der Waals surface area contributed by atoms with Crippen molar-refractivity contribution >= 4 is 23.0 Å².